The summed E-state index contributed by atoms with van der Waals surface area (Å²) in [6.07, 6.45) is 1.34. The number of nitrogens with zero attached hydrogens (tertiary/aromatic N) is 2. The van der Waals surface area contributed by atoms with E-state index in [1.165, 1.54) is 38.4 Å². The van der Waals surface area contributed by atoms with Gasteiger partial charge in [-0.3, -0.25) is 4.90 Å². The van der Waals surface area contributed by atoms with E-state index in [1.807, 2.05) is 0 Å². The Morgan fingerprint density at radius 2 is 1.89 bits per heavy atom. The molecule has 18 heavy (non-hydrogen) atoms. The maximum absolute atomic E-state index is 3.80. The van der Waals surface area contributed by atoms with Crippen LogP contribution in [0.2, 0.25) is 0 Å². The van der Waals surface area contributed by atoms with Gasteiger partial charge in [-0.2, -0.15) is 11.8 Å². The molecule has 2 heterocycles. The van der Waals surface area contributed by atoms with Crippen LogP contribution in [0.4, 0.5) is 0 Å². The number of hydrogen-bond acceptors (Lipinski definition) is 4. The maximum Gasteiger partial charge on any atom is 0.0278 e. The first-order valence-corrected chi connectivity index (χ1v) is 8.32. The first kappa shape index (κ1) is 14.6. The zero-order valence-electron chi connectivity index (χ0n) is 12.4. The van der Waals surface area contributed by atoms with Crippen molar-refractivity contribution in [3.63, 3.8) is 0 Å². The largest absolute Gasteiger partial charge is 0.311 e. The Hall–Kier alpha value is 0.230. The van der Waals surface area contributed by atoms with Crippen molar-refractivity contribution in [1.82, 2.24) is 15.1 Å². The Kier molecular flexibility index (Phi) is 4.98. The van der Waals surface area contributed by atoms with Crippen LogP contribution in [0.3, 0.4) is 0 Å². The summed E-state index contributed by atoms with van der Waals surface area (Å²) >= 11 is 2.11. The highest BCUT2D eigenvalue weighted by Crippen LogP contribution is 2.26. The van der Waals surface area contributed by atoms with Gasteiger partial charge in [-0.1, -0.05) is 6.92 Å². The Bertz CT molecular complexity index is 262. The summed E-state index contributed by atoms with van der Waals surface area (Å²) in [5.74, 6) is 1.33. The van der Waals surface area contributed by atoms with Gasteiger partial charge in [-0.25, -0.2) is 0 Å². The molecule has 2 unspecified atom stereocenters. The fraction of sp³-hybridized carbons (Fsp3) is 1.00. The van der Waals surface area contributed by atoms with Crippen molar-refractivity contribution in [2.75, 3.05) is 45.5 Å². The van der Waals surface area contributed by atoms with Crippen LogP contribution in [0, 0.1) is 0 Å². The topological polar surface area (TPSA) is 18.5 Å². The maximum atomic E-state index is 3.80. The third-order valence-corrected chi connectivity index (χ3v) is 5.86. The SMILES string of the molecule is CC1SCCC1NCC(C)(C)N1CCN(C)CC1. The summed E-state index contributed by atoms with van der Waals surface area (Å²) in [5.41, 5.74) is 0.286. The standard InChI is InChI=1S/C14H29N3S/c1-12-13(5-10-18-12)15-11-14(2,3)17-8-6-16(4)7-9-17/h12-13,15H,5-11H2,1-4H3. The molecule has 106 valence electrons. The average molecular weight is 271 g/mol. The van der Waals surface area contributed by atoms with Gasteiger partial charge in [0.05, 0.1) is 0 Å². The zero-order chi connectivity index (χ0) is 13.2. The van der Waals surface area contributed by atoms with Crippen molar-refractivity contribution in [2.45, 2.75) is 44.0 Å². The van der Waals surface area contributed by atoms with E-state index >= 15 is 0 Å². The summed E-state index contributed by atoms with van der Waals surface area (Å²) in [6, 6.07) is 0.724. The van der Waals surface area contributed by atoms with Crippen LogP contribution in [0.25, 0.3) is 0 Å². The van der Waals surface area contributed by atoms with Crippen LogP contribution in [-0.2, 0) is 0 Å². The van der Waals surface area contributed by atoms with E-state index in [9.17, 15) is 0 Å². The fourth-order valence-corrected chi connectivity index (χ4v) is 4.13. The van der Waals surface area contributed by atoms with Gasteiger partial charge in [0.2, 0.25) is 0 Å². The summed E-state index contributed by atoms with van der Waals surface area (Å²) in [7, 11) is 2.22. The second kappa shape index (κ2) is 6.12. The Morgan fingerprint density at radius 3 is 2.44 bits per heavy atom. The van der Waals surface area contributed by atoms with Gasteiger partial charge >= 0.3 is 0 Å². The van der Waals surface area contributed by atoms with Crippen LogP contribution in [-0.4, -0.2) is 72.2 Å². The van der Waals surface area contributed by atoms with Crippen molar-refractivity contribution in [2.24, 2.45) is 0 Å². The van der Waals surface area contributed by atoms with Gasteiger partial charge in [0.1, 0.15) is 0 Å². The minimum absolute atomic E-state index is 0.286. The number of rotatable bonds is 4. The number of nitrogens with one attached hydrogen (secondary N) is 1. The van der Waals surface area contributed by atoms with Crippen LogP contribution < -0.4 is 5.32 Å². The van der Waals surface area contributed by atoms with Crippen molar-refractivity contribution < 1.29 is 0 Å². The lowest BCUT2D eigenvalue weighted by molar-refractivity contribution is 0.0602. The van der Waals surface area contributed by atoms with E-state index in [-0.39, 0.29) is 5.54 Å². The Balaban J connectivity index is 1.79. The van der Waals surface area contributed by atoms with E-state index in [2.05, 4.69) is 54.7 Å². The van der Waals surface area contributed by atoms with E-state index in [4.69, 9.17) is 0 Å². The molecule has 0 aliphatic carbocycles. The number of piperazine rings is 1. The lowest BCUT2D eigenvalue weighted by Crippen LogP contribution is -2.58. The second-order valence-electron chi connectivity index (χ2n) is 6.45. The fourth-order valence-electron chi connectivity index (χ4n) is 2.90. The quantitative estimate of drug-likeness (QED) is 0.835. The second-order valence-corrected chi connectivity index (χ2v) is 7.94. The minimum atomic E-state index is 0.286. The van der Waals surface area contributed by atoms with Gasteiger partial charge in [0, 0.05) is 49.6 Å². The molecule has 2 rings (SSSR count). The van der Waals surface area contributed by atoms with E-state index in [0.717, 1.165) is 17.8 Å². The normalized spacial score (nSPS) is 32.0. The molecule has 0 radical (unpaired) electrons. The highest BCUT2D eigenvalue weighted by molar-refractivity contribution is 8.00. The molecule has 2 aliphatic rings. The van der Waals surface area contributed by atoms with E-state index in [1.54, 1.807) is 0 Å². The summed E-state index contributed by atoms with van der Waals surface area (Å²) in [5, 5.41) is 4.59. The van der Waals surface area contributed by atoms with Gasteiger partial charge < -0.3 is 10.2 Å². The highest BCUT2D eigenvalue weighted by Gasteiger charge is 2.31. The van der Waals surface area contributed by atoms with Crippen LogP contribution >= 0.6 is 11.8 Å². The zero-order valence-corrected chi connectivity index (χ0v) is 13.2. The molecule has 0 saturated carbocycles. The molecule has 2 saturated heterocycles. The first-order valence-electron chi connectivity index (χ1n) is 7.27. The molecule has 0 amide bonds. The van der Waals surface area contributed by atoms with Crippen LogP contribution in [0.1, 0.15) is 27.2 Å². The monoisotopic (exact) mass is 271 g/mol. The summed E-state index contributed by atoms with van der Waals surface area (Å²) in [4.78, 5) is 5.07. The smallest absolute Gasteiger partial charge is 0.0278 e. The Labute approximate surface area is 117 Å². The molecule has 3 nitrogen and oxygen atoms in total. The number of hydrogen-bond donors (Lipinski definition) is 1. The highest BCUT2D eigenvalue weighted by atomic mass is 32.2. The molecule has 0 aromatic heterocycles. The van der Waals surface area contributed by atoms with Gasteiger partial charge in [0.15, 0.2) is 0 Å². The molecule has 1 N–H and O–H groups in total. The van der Waals surface area contributed by atoms with Crippen LogP contribution in [0.5, 0.6) is 0 Å². The van der Waals surface area contributed by atoms with Gasteiger partial charge in [0.25, 0.3) is 0 Å². The molecule has 4 heteroatoms. The molecule has 0 bridgehead atoms. The van der Waals surface area contributed by atoms with Crippen molar-refractivity contribution in [1.29, 1.82) is 0 Å². The van der Waals surface area contributed by atoms with Crippen molar-refractivity contribution >= 4 is 11.8 Å². The molecule has 0 spiro atoms. The van der Waals surface area contributed by atoms with Gasteiger partial charge in [-0.15, -0.1) is 0 Å². The van der Waals surface area contributed by atoms with Crippen molar-refractivity contribution in [3.05, 3.63) is 0 Å². The van der Waals surface area contributed by atoms with Crippen molar-refractivity contribution in [3.8, 4) is 0 Å². The molecule has 2 aliphatic heterocycles. The third kappa shape index (κ3) is 3.62. The summed E-state index contributed by atoms with van der Waals surface area (Å²) in [6.45, 7) is 13.1. The lowest BCUT2D eigenvalue weighted by atomic mass is 10.0. The molecule has 2 fully saturated rings. The number of likely N-dealkylation sites (N-methyl/N-ethyl adjacent to an activating group) is 1. The molecule has 0 aromatic carbocycles. The molecule has 0 aromatic rings. The Morgan fingerprint density at radius 1 is 1.22 bits per heavy atom. The molecular weight excluding hydrogens is 242 g/mol. The summed E-state index contributed by atoms with van der Waals surface area (Å²) < 4.78 is 0. The van der Waals surface area contributed by atoms with Crippen LogP contribution in [0.15, 0.2) is 0 Å². The average Bonchev–Trinajstić information content (AvgIpc) is 2.73. The predicted octanol–water partition coefficient (Wildman–Crippen LogP) is 1.50. The molecular formula is C14H29N3S. The van der Waals surface area contributed by atoms with E-state index in [0.29, 0.717) is 0 Å². The third-order valence-electron chi connectivity index (χ3n) is 4.53. The predicted molar refractivity (Wildman–Crippen MR) is 81.5 cm³/mol. The number of thioether (sulfide) groups is 1. The van der Waals surface area contributed by atoms with Gasteiger partial charge in [-0.05, 0) is 33.1 Å². The minimum Gasteiger partial charge on any atom is -0.311 e. The van der Waals surface area contributed by atoms with E-state index < -0.39 is 0 Å². The first-order chi connectivity index (χ1) is 8.49. The lowest BCUT2D eigenvalue weighted by Gasteiger charge is -2.44. The molecule has 2 atom stereocenters.